The molecule has 2 aromatic heterocycles. The van der Waals surface area contributed by atoms with E-state index in [-0.39, 0.29) is 23.9 Å². The van der Waals surface area contributed by atoms with Crippen molar-refractivity contribution >= 4 is 24.3 Å². The van der Waals surface area contributed by atoms with E-state index in [1.54, 1.807) is 0 Å². The summed E-state index contributed by atoms with van der Waals surface area (Å²) in [5.41, 5.74) is 5.13. The van der Waals surface area contributed by atoms with E-state index in [1.807, 2.05) is 0 Å². The van der Waals surface area contributed by atoms with Crippen LogP contribution in [0.2, 0.25) is 0 Å². The molecule has 0 atom stereocenters. The van der Waals surface area contributed by atoms with Gasteiger partial charge in [-0.15, -0.1) is 17.7 Å². The maximum Gasteiger partial charge on any atom is 0.267 e. The summed E-state index contributed by atoms with van der Waals surface area (Å²) in [6.07, 6.45) is 0. The molecule has 0 aromatic carbocycles. The van der Waals surface area contributed by atoms with Crippen LogP contribution in [0.1, 0.15) is 16.3 Å². The minimum absolute atomic E-state index is 0.0596. The molecular formula is C7H7N5O2S. The summed E-state index contributed by atoms with van der Waals surface area (Å²) in [7, 11) is 0. The Morgan fingerprint density at radius 1 is 1.60 bits per heavy atom. The van der Waals surface area contributed by atoms with Crippen LogP contribution in [0.15, 0.2) is 11.1 Å². The van der Waals surface area contributed by atoms with Gasteiger partial charge < -0.3 is 10.8 Å². The van der Waals surface area contributed by atoms with Crippen molar-refractivity contribution < 1.29 is 9.90 Å². The van der Waals surface area contributed by atoms with Gasteiger partial charge in [-0.1, -0.05) is 0 Å². The van der Waals surface area contributed by atoms with Crippen molar-refractivity contribution in [2.75, 3.05) is 0 Å². The average molecular weight is 225 g/mol. The minimum atomic E-state index is -0.665. The van der Waals surface area contributed by atoms with Crippen LogP contribution < -0.4 is 5.73 Å². The zero-order valence-corrected chi connectivity index (χ0v) is 8.35. The molecule has 0 bridgehead atoms. The quantitative estimate of drug-likeness (QED) is 0.449. The van der Waals surface area contributed by atoms with Gasteiger partial charge in [0.25, 0.3) is 11.7 Å². The zero-order chi connectivity index (χ0) is 11.0. The molecule has 0 saturated carbocycles. The molecular weight excluding hydrogens is 218 g/mol. The van der Waals surface area contributed by atoms with Gasteiger partial charge in [0.2, 0.25) is 0 Å². The maximum absolute atomic E-state index is 10.9. The van der Waals surface area contributed by atoms with Crippen molar-refractivity contribution in [3.63, 3.8) is 0 Å². The molecule has 3 N–H and O–H groups in total. The number of aliphatic hydroxyl groups is 1. The highest BCUT2D eigenvalue weighted by Gasteiger charge is 2.11. The van der Waals surface area contributed by atoms with Crippen LogP contribution in [0.4, 0.5) is 0 Å². The maximum atomic E-state index is 10.9. The number of thiol groups is 1. The first-order valence-electron chi connectivity index (χ1n) is 3.98. The van der Waals surface area contributed by atoms with E-state index >= 15 is 0 Å². The number of hydrogen-bond donors (Lipinski definition) is 3. The van der Waals surface area contributed by atoms with Gasteiger partial charge in [0.1, 0.15) is 17.3 Å². The number of carbonyl (C=O) groups excluding carboxylic acids is 1. The van der Waals surface area contributed by atoms with Gasteiger partial charge in [-0.2, -0.15) is 9.50 Å². The Bertz CT molecular complexity index is 537. The van der Waals surface area contributed by atoms with Gasteiger partial charge in [-0.25, -0.2) is 4.98 Å². The predicted octanol–water partition coefficient (Wildman–Crippen LogP) is -0.996. The smallest absolute Gasteiger partial charge is 0.267 e. The molecule has 0 radical (unpaired) electrons. The lowest BCUT2D eigenvalue weighted by molar-refractivity contribution is 0.0995. The fraction of sp³-hybridized carbons (Fsp3) is 0.143. The van der Waals surface area contributed by atoms with E-state index in [1.165, 1.54) is 10.6 Å². The molecule has 0 unspecified atom stereocenters. The van der Waals surface area contributed by atoms with E-state index in [0.29, 0.717) is 5.03 Å². The normalized spacial score (nSPS) is 10.8. The van der Waals surface area contributed by atoms with Crippen molar-refractivity contribution in [3.05, 3.63) is 17.6 Å². The Labute approximate surface area is 89.4 Å². The van der Waals surface area contributed by atoms with E-state index < -0.39 is 5.91 Å². The Balaban J connectivity index is 2.70. The molecule has 7 nitrogen and oxygen atoms in total. The van der Waals surface area contributed by atoms with Crippen LogP contribution in [-0.4, -0.2) is 30.6 Å². The first-order valence-corrected chi connectivity index (χ1v) is 4.43. The second-order valence-electron chi connectivity index (χ2n) is 2.76. The molecule has 0 aliphatic carbocycles. The Morgan fingerprint density at radius 2 is 2.33 bits per heavy atom. The summed E-state index contributed by atoms with van der Waals surface area (Å²) >= 11 is 4.10. The largest absolute Gasteiger partial charge is 0.388 e. The van der Waals surface area contributed by atoms with E-state index in [9.17, 15) is 4.79 Å². The number of primary amides is 1. The van der Waals surface area contributed by atoms with Crippen LogP contribution in [0, 0.1) is 0 Å². The molecule has 2 aromatic rings. The summed E-state index contributed by atoms with van der Waals surface area (Å²) in [6.45, 7) is -0.303. The highest BCUT2D eigenvalue weighted by Crippen LogP contribution is 2.10. The summed E-state index contributed by atoms with van der Waals surface area (Å²) in [5, 5.41) is 13.1. The van der Waals surface area contributed by atoms with Crippen molar-refractivity contribution in [1.82, 2.24) is 19.6 Å². The molecule has 0 saturated heterocycles. The molecule has 78 valence electrons. The molecule has 0 aliphatic rings. The van der Waals surface area contributed by atoms with Gasteiger partial charge in [-0.05, 0) is 0 Å². The Hall–Kier alpha value is -1.67. The molecule has 2 heterocycles. The predicted molar refractivity (Wildman–Crippen MR) is 52.5 cm³/mol. The molecule has 0 aliphatic heterocycles. The van der Waals surface area contributed by atoms with Crippen molar-refractivity contribution in [2.45, 2.75) is 11.6 Å². The second-order valence-corrected chi connectivity index (χ2v) is 3.22. The number of fused-ring (bicyclic) bond motifs is 1. The summed E-state index contributed by atoms with van der Waals surface area (Å²) in [4.78, 5) is 18.6. The van der Waals surface area contributed by atoms with Crippen LogP contribution in [-0.2, 0) is 6.61 Å². The third-order valence-electron chi connectivity index (χ3n) is 1.73. The highest BCUT2D eigenvalue weighted by atomic mass is 32.1. The fourth-order valence-corrected chi connectivity index (χ4v) is 1.34. The third-order valence-corrected chi connectivity index (χ3v) is 2.05. The van der Waals surface area contributed by atoms with Crippen LogP contribution >= 0.6 is 12.6 Å². The van der Waals surface area contributed by atoms with Crippen LogP contribution in [0.5, 0.6) is 0 Å². The molecule has 0 spiro atoms. The zero-order valence-electron chi connectivity index (χ0n) is 7.45. The standard InChI is InChI=1S/C7H7N5O2S/c8-6(14)3-1-5(15)12-7(9-3)10-4(2-13)11-12/h1,13,15H,2H2,(H2,8,14). The number of carbonyl (C=O) groups is 1. The summed E-state index contributed by atoms with van der Waals surface area (Å²) in [6, 6.07) is 1.38. The molecule has 15 heavy (non-hydrogen) atoms. The molecule has 8 heteroatoms. The number of rotatable bonds is 2. The first kappa shape index (κ1) is 9.87. The lowest BCUT2D eigenvalue weighted by Gasteiger charge is -1.98. The third kappa shape index (κ3) is 1.64. The average Bonchev–Trinajstić information content (AvgIpc) is 2.61. The lowest BCUT2D eigenvalue weighted by Crippen LogP contribution is -2.14. The van der Waals surface area contributed by atoms with Gasteiger partial charge in [-0.3, -0.25) is 4.79 Å². The number of hydrogen-bond acceptors (Lipinski definition) is 6. The van der Waals surface area contributed by atoms with Gasteiger partial charge in [0.05, 0.1) is 0 Å². The first-order chi connectivity index (χ1) is 7.11. The minimum Gasteiger partial charge on any atom is -0.388 e. The van der Waals surface area contributed by atoms with Gasteiger partial charge in [0.15, 0.2) is 5.82 Å². The van der Waals surface area contributed by atoms with Gasteiger partial charge in [0, 0.05) is 6.07 Å². The number of nitrogens with two attached hydrogens (primary N) is 1. The number of aromatic nitrogens is 4. The molecule has 0 fully saturated rings. The van der Waals surface area contributed by atoms with Crippen molar-refractivity contribution in [3.8, 4) is 0 Å². The van der Waals surface area contributed by atoms with E-state index in [2.05, 4.69) is 27.7 Å². The Kier molecular flexibility index (Phi) is 2.29. The molecule has 2 rings (SSSR count). The number of amides is 1. The second kappa shape index (κ2) is 3.48. The summed E-state index contributed by atoms with van der Waals surface area (Å²) < 4.78 is 1.31. The topological polar surface area (TPSA) is 106 Å². The monoisotopic (exact) mass is 225 g/mol. The van der Waals surface area contributed by atoms with Crippen LogP contribution in [0.3, 0.4) is 0 Å². The molecule has 1 amide bonds. The van der Waals surface area contributed by atoms with Crippen molar-refractivity contribution in [2.24, 2.45) is 5.73 Å². The SMILES string of the molecule is NC(=O)c1cc(S)n2nc(CO)nc2n1. The lowest BCUT2D eigenvalue weighted by atomic mass is 10.4. The van der Waals surface area contributed by atoms with E-state index in [0.717, 1.165) is 0 Å². The van der Waals surface area contributed by atoms with E-state index in [4.69, 9.17) is 10.8 Å². The highest BCUT2D eigenvalue weighted by molar-refractivity contribution is 7.80. The Morgan fingerprint density at radius 3 is 2.93 bits per heavy atom. The number of aliphatic hydroxyl groups excluding tert-OH is 1. The van der Waals surface area contributed by atoms with Crippen molar-refractivity contribution in [1.29, 1.82) is 0 Å². The summed E-state index contributed by atoms with van der Waals surface area (Å²) in [5.74, 6) is -0.277. The van der Waals surface area contributed by atoms with Gasteiger partial charge >= 0.3 is 0 Å². The van der Waals surface area contributed by atoms with Crippen LogP contribution in [0.25, 0.3) is 5.78 Å². The number of nitrogens with zero attached hydrogens (tertiary/aromatic N) is 4. The fourth-order valence-electron chi connectivity index (χ4n) is 1.09.